The predicted molar refractivity (Wildman–Crippen MR) is 70.9 cm³/mol. The zero-order valence-electron chi connectivity index (χ0n) is 11.8. The molecule has 0 rings (SSSR count). The van der Waals surface area contributed by atoms with Crippen LogP contribution in [-0.2, 0) is 4.74 Å². The molecule has 0 heterocycles. The number of likely N-dealkylation sites (N-methyl/N-ethyl adjacent to an activating group) is 1. The van der Waals surface area contributed by atoms with Crippen LogP contribution in [0.1, 0.15) is 33.6 Å². The van der Waals surface area contributed by atoms with Crippen LogP contribution in [0, 0.1) is 5.92 Å². The fourth-order valence-corrected chi connectivity index (χ4v) is 1.57. The van der Waals surface area contributed by atoms with Crippen molar-refractivity contribution in [3.05, 3.63) is 0 Å². The van der Waals surface area contributed by atoms with E-state index in [1.165, 1.54) is 12.8 Å². The highest BCUT2D eigenvalue weighted by Gasteiger charge is 2.12. The summed E-state index contributed by atoms with van der Waals surface area (Å²) in [4.78, 5) is 2.23. The van der Waals surface area contributed by atoms with E-state index < -0.39 is 0 Å². The van der Waals surface area contributed by atoms with Crippen molar-refractivity contribution in [2.45, 2.75) is 39.7 Å². The van der Waals surface area contributed by atoms with Crippen molar-refractivity contribution in [1.29, 1.82) is 0 Å². The Morgan fingerprint density at radius 1 is 1.19 bits per heavy atom. The van der Waals surface area contributed by atoms with Crippen molar-refractivity contribution in [3.8, 4) is 0 Å². The number of rotatable bonds is 10. The van der Waals surface area contributed by atoms with Gasteiger partial charge in [0.1, 0.15) is 0 Å². The van der Waals surface area contributed by atoms with Gasteiger partial charge in [-0.2, -0.15) is 0 Å². The molecule has 0 aliphatic carbocycles. The van der Waals surface area contributed by atoms with Crippen molar-refractivity contribution in [1.82, 2.24) is 10.2 Å². The van der Waals surface area contributed by atoms with E-state index in [1.54, 1.807) is 0 Å². The van der Waals surface area contributed by atoms with Crippen LogP contribution >= 0.6 is 0 Å². The molecule has 0 saturated carbocycles. The Morgan fingerprint density at radius 2 is 1.88 bits per heavy atom. The zero-order valence-corrected chi connectivity index (χ0v) is 11.8. The largest absolute Gasteiger partial charge is 0.380 e. The Kier molecular flexibility index (Phi) is 9.99. The second kappa shape index (κ2) is 10.1. The molecule has 0 amide bonds. The van der Waals surface area contributed by atoms with Gasteiger partial charge in [0.05, 0.1) is 6.61 Å². The summed E-state index contributed by atoms with van der Waals surface area (Å²) >= 11 is 0. The van der Waals surface area contributed by atoms with Crippen LogP contribution in [0.5, 0.6) is 0 Å². The quantitative estimate of drug-likeness (QED) is 0.581. The third kappa shape index (κ3) is 9.13. The average Bonchev–Trinajstić information content (AvgIpc) is 2.20. The minimum atomic E-state index is 0.560. The molecule has 0 aromatic rings. The summed E-state index contributed by atoms with van der Waals surface area (Å²) in [6, 6.07) is 0.560. The Balaban J connectivity index is 3.52. The maximum Gasteiger partial charge on any atom is 0.0591 e. The zero-order chi connectivity index (χ0) is 12.4. The third-order valence-corrected chi connectivity index (χ3v) is 2.66. The summed E-state index contributed by atoms with van der Waals surface area (Å²) in [5, 5.41) is 3.56. The molecule has 0 aliphatic heterocycles. The van der Waals surface area contributed by atoms with E-state index in [9.17, 15) is 0 Å². The van der Waals surface area contributed by atoms with Crippen LogP contribution in [0.2, 0.25) is 0 Å². The number of unbranched alkanes of at least 4 members (excludes halogenated alkanes) is 1. The molecule has 0 saturated heterocycles. The molecular formula is C13H30N2O. The molecule has 1 N–H and O–H groups in total. The van der Waals surface area contributed by atoms with Crippen LogP contribution in [0.25, 0.3) is 0 Å². The van der Waals surface area contributed by atoms with Crippen LogP contribution in [-0.4, -0.2) is 51.3 Å². The molecular weight excluding hydrogens is 200 g/mol. The topological polar surface area (TPSA) is 24.5 Å². The molecule has 0 radical (unpaired) electrons. The molecule has 0 aromatic heterocycles. The highest BCUT2D eigenvalue weighted by Crippen LogP contribution is 2.02. The van der Waals surface area contributed by atoms with Gasteiger partial charge in [0.2, 0.25) is 0 Å². The maximum absolute atomic E-state index is 5.53. The Labute approximate surface area is 102 Å². The lowest BCUT2D eigenvalue weighted by Crippen LogP contribution is -2.43. The van der Waals surface area contributed by atoms with Crippen molar-refractivity contribution < 1.29 is 4.74 Å². The first-order valence-corrected chi connectivity index (χ1v) is 6.53. The van der Waals surface area contributed by atoms with Crippen molar-refractivity contribution in [2.24, 2.45) is 5.92 Å². The van der Waals surface area contributed by atoms with Crippen LogP contribution in [0.3, 0.4) is 0 Å². The first kappa shape index (κ1) is 15.9. The van der Waals surface area contributed by atoms with Crippen molar-refractivity contribution in [3.63, 3.8) is 0 Å². The molecule has 0 spiro atoms. The predicted octanol–water partition coefficient (Wildman–Crippen LogP) is 1.98. The van der Waals surface area contributed by atoms with E-state index in [2.05, 4.69) is 45.1 Å². The maximum atomic E-state index is 5.53. The highest BCUT2D eigenvalue weighted by atomic mass is 16.5. The molecule has 0 bridgehead atoms. The minimum absolute atomic E-state index is 0.560. The highest BCUT2D eigenvalue weighted by molar-refractivity contribution is 4.72. The molecule has 1 atom stereocenters. The number of hydrogen-bond acceptors (Lipinski definition) is 3. The van der Waals surface area contributed by atoms with Gasteiger partial charge in [-0.05, 0) is 26.4 Å². The third-order valence-electron chi connectivity index (χ3n) is 2.66. The van der Waals surface area contributed by atoms with Gasteiger partial charge >= 0.3 is 0 Å². The molecule has 3 heteroatoms. The fraction of sp³-hybridized carbons (Fsp3) is 1.00. The van der Waals surface area contributed by atoms with Crippen molar-refractivity contribution >= 4 is 0 Å². The van der Waals surface area contributed by atoms with Crippen LogP contribution < -0.4 is 5.32 Å². The van der Waals surface area contributed by atoms with Gasteiger partial charge in [-0.15, -0.1) is 0 Å². The molecule has 1 unspecified atom stereocenters. The van der Waals surface area contributed by atoms with E-state index in [0.29, 0.717) is 12.0 Å². The Morgan fingerprint density at radius 3 is 2.38 bits per heavy atom. The summed E-state index contributed by atoms with van der Waals surface area (Å²) in [5.41, 5.74) is 0. The van der Waals surface area contributed by atoms with E-state index in [-0.39, 0.29) is 0 Å². The minimum Gasteiger partial charge on any atom is -0.380 e. The Hall–Kier alpha value is -0.120. The molecule has 0 fully saturated rings. The number of nitrogens with zero attached hydrogens (tertiary/aromatic N) is 1. The number of ether oxygens (including phenoxy) is 1. The monoisotopic (exact) mass is 230 g/mol. The Bertz CT molecular complexity index is 149. The normalized spacial score (nSPS) is 13.7. The lowest BCUT2D eigenvalue weighted by molar-refractivity contribution is 0.127. The smallest absolute Gasteiger partial charge is 0.0591 e. The van der Waals surface area contributed by atoms with Gasteiger partial charge in [-0.3, -0.25) is 0 Å². The van der Waals surface area contributed by atoms with Gasteiger partial charge in [-0.1, -0.05) is 27.2 Å². The van der Waals surface area contributed by atoms with Gasteiger partial charge in [0.15, 0.2) is 0 Å². The summed E-state index contributed by atoms with van der Waals surface area (Å²) in [5.74, 6) is 0.665. The van der Waals surface area contributed by atoms with Crippen LogP contribution in [0.4, 0.5) is 0 Å². The van der Waals surface area contributed by atoms with Gasteiger partial charge < -0.3 is 15.0 Å². The fourth-order valence-electron chi connectivity index (χ4n) is 1.57. The van der Waals surface area contributed by atoms with Gasteiger partial charge in [-0.25, -0.2) is 0 Å². The SMILES string of the molecule is CCCCOCCNC(CN(C)C)C(C)C. The number of nitrogens with one attached hydrogen (secondary N) is 1. The number of hydrogen-bond donors (Lipinski definition) is 1. The van der Waals surface area contributed by atoms with E-state index >= 15 is 0 Å². The van der Waals surface area contributed by atoms with Gasteiger partial charge in [0, 0.05) is 25.7 Å². The lowest BCUT2D eigenvalue weighted by Gasteiger charge is -2.25. The van der Waals surface area contributed by atoms with E-state index in [0.717, 1.165) is 26.3 Å². The average molecular weight is 230 g/mol. The molecule has 0 aliphatic rings. The first-order chi connectivity index (χ1) is 7.57. The summed E-state index contributed by atoms with van der Waals surface area (Å²) in [6.45, 7) is 10.5. The van der Waals surface area contributed by atoms with Crippen LogP contribution in [0.15, 0.2) is 0 Å². The molecule has 3 nitrogen and oxygen atoms in total. The standard InChI is InChI=1S/C13H30N2O/c1-6-7-9-16-10-8-14-13(12(2)3)11-15(4)5/h12-14H,6-11H2,1-5H3. The first-order valence-electron chi connectivity index (χ1n) is 6.53. The molecule has 0 aromatic carbocycles. The van der Waals surface area contributed by atoms with Gasteiger partial charge in [0.25, 0.3) is 0 Å². The summed E-state index contributed by atoms with van der Waals surface area (Å²) < 4.78 is 5.53. The summed E-state index contributed by atoms with van der Waals surface area (Å²) in [7, 11) is 4.24. The summed E-state index contributed by atoms with van der Waals surface area (Å²) in [6.07, 6.45) is 2.38. The second-order valence-electron chi connectivity index (χ2n) is 5.03. The van der Waals surface area contributed by atoms with Crippen molar-refractivity contribution in [2.75, 3.05) is 40.4 Å². The molecule has 16 heavy (non-hydrogen) atoms. The van der Waals surface area contributed by atoms with E-state index in [4.69, 9.17) is 4.74 Å². The van der Waals surface area contributed by atoms with E-state index in [1.807, 2.05) is 0 Å². The second-order valence-corrected chi connectivity index (χ2v) is 5.03. The lowest BCUT2D eigenvalue weighted by atomic mass is 10.0. The molecule has 98 valence electrons.